The Morgan fingerprint density at radius 2 is 1.71 bits per heavy atom. The second kappa shape index (κ2) is 19.3. The first-order chi connectivity index (χ1) is 22.2. The summed E-state index contributed by atoms with van der Waals surface area (Å²) in [4.78, 5) is 0. The van der Waals surface area contributed by atoms with Gasteiger partial charge in [-0.05, 0) is 88.0 Å². The number of hydrogen-bond acceptors (Lipinski definition) is 6. The van der Waals surface area contributed by atoms with Crippen LogP contribution in [0.3, 0.4) is 0 Å². The molecule has 1 aromatic carbocycles. The van der Waals surface area contributed by atoms with Gasteiger partial charge in [0.15, 0.2) is 12.6 Å². The van der Waals surface area contributed by atoms with E-state index >= 15 is 0 Å². The molecule has 0 amide bonds. The van der Waals surface area contributed by atoms with Gasteiger partial charge in [0.05, 0.1) is 18.8 Å². The van der Waals surface area contributed by atoms with E-state index in [0.717, 1.165) is 84.0 Å². The van der Waals surface area contributed by atoms with Crippen LogP contribution < -0.4 is 0 Å². The third kappa shape index (κ3) is 11.0. The number of unbranched alkanes of at least 4 members (excludes halogenated alkanes) is 3. The predicted molar refractivity (Wildman–Crippen MR) is 179 cm³/mol. The Hall–Kier alpha value is -1.54. The molecule has 0 bridgehead atoms. The highest BCUT2D eigenvalue weighted by atomic mass is 16.7. The van der Waals surface area contributed by atoms with Crippen LogP contribution in [0.15, 0.2) is 54.1 Å². The Kier molecular flexibility index (Phi) is 14.9. The lowest BCUT2D eigenvalue weighted by atomic mass is 9.91. The van der Waals surface area contributed by atoms with E-state index < -0.39 is 0 Å². The normalized spacial score (nSPS) is 30.0. The van der Waals surface area contributed by atoms with E-state index in [4.69, 9.17) is 23.7 Å². The molecule has 1 aromatic rings. The number of hydrogen-bond donors (Lipinski definition) is 1. The van der Waals surface area contributed by atoms with Crippen molar-refractivity contribution in [2.24, 2.45) is 23.7 Å². The molecule has 8 atom stereocenters. The quantitative estimate of drug-likeness (QED) is 0.123. The van der Waals surface area contributed by atoms with E-state index in [1.165, 1.54) is 43.2 Å². The average molecular weight is 625 g/mol. The van der Waals surface area contributed by atoms with Gasteiger partial charge in [0.1, 0.15) is 0 Å². The van der Waals surface area contributed by atoms with Crippen molar-refractivity contribution < 1.29 is 28.8 Å². The molecule has 3 fully saturated rings. The first-order valence-electron chi connectivity index (χ1n) is 18.4. The first-order valence-corrected chi connectivity index (χ1v) is 18.4. The van der Waals surface area contributed by atoms with E-state index in [9.17, 15) is 5.11 Å². The molecule has 8 unspecified atom stereocenters. The SMILES string of the molecule is CCCCCC(C=CC1C(OC2CCCCO2)CC2CC(C(CO)CCCCOCc3ccccc3)=CC21)OC1CCCCO1. The van der Waals surface area contributed by atoms with E-state index in [-0.39, 0.29) is 37.3 Å². The lowest BCUT2D eigenvalue weighted by Gasteiger charge is -2.30. The average Bonchev–Trinajstić information content (AvgIpc) is 3.62. The van der Waals surface area contributed by atoms with E-state index in [0.29, 0.717) is 24.4 Å². The number of fused-ring (bicyclic) bond motifs is 1. The molecule has 0 radical (unpaired) electrons. The zero-order chi connectivity index (χ0) is 31.1. The summed E-state index contributed by atoms with van der Waals surface area (Å²) in [5, 5.41) is 10.4. The Labute approximate surface area is 272 Å². The predicted octanol–water partition coefficient (Wildman–Crippen LogP) is 8.52. The van der Waals surface area contributed by atoms with Crippen LogP contribution in [-0.4, -0.2) is 56.3 Å². The van der Waals surface area contributed by atoms with Crippen molar-refractivity contribution in [3.05, 3.63) is 59.7 Å². The molecule has 1 saturated carbocycles. The van der Waals surface area contributed by atoms with Crippen molar-refractivity contribution >= 4 is 0 Å². The molecule has 0 aromatic heterocycles. The van der Waals surface area contributed by atoms with Crippen molar-refractivity contribution in [3.63, 3.8) is 0 Å². The molecule has 1 N–H and O–H groups in total. The van der Waals surface area contributed by atoms with E-state index in [2.05, 4.69) is 49.4 Å². The highest BCUT2D eigenvalue weighted by Gasteiger charge is 2.46. The van der Waals surface area contributed by atoms with Gasteiger partial charge in [-0.15, -0.1) is 0 Å². The molecule has 2 aliphatic carbocycles. The second-order valence-corrected chi connectivity index (χ2v) is 13.8. The molecule has 6 heteroatoms. The third-order valence-electron chi connectivity index (χ3n) is 10.4. The lowest BCUT2D eigenvalue weighted by molar-refractivity contribution is -0.192. The van der Waals surface area contributed by atoms with E-state index in [1.54, 1.807) is 0 Å². The van der Waals surface area contributed by atoms with Crippen LogP contribution in [0.2, 0.25) is 0 Å². The summed E-state index contributed by atoms with van der Waals surface area (Å²) in [6.07, 6.45) is 23.8. The van der Waals surface area contributed by atoms with Crippen molar-refractivity contribution in [2.75, 3.05) is 26.4 Å². The van der Waals surface area contributed by atoms with Gasteiger partial charge in [0, 0.05) is 38.3 Å². The van der Waals surface area contributed by atoms with Gasteiger partial charge in [0.2, 0.25) is 0 Å². The van der Waals surface area contributed by atoms with Crippen LogP contribution in [0, 0.1) is 23.7 Å². The highest BCUT2D eigenvalue weighted by molar-refractivity contribution is 5.24. The van der Waals surface area contributed by atoms with Gasteiger partial charge in [-0.1, -0.05) is 86.7 Å². The van der Waals surface area contributed by atoms with Gasteiger partial charge in [0.25, 0.3) is 0 Å². The Morgan fingerprint density at radius 1 is 0.933 bits per heavy atom. The summed E-state index contributed by atoms with van der Waals surface area (Å²) in [7, 11) is 0. The zero-order valence-corrected chi connectivity index (χ0v) is 27.9. The zero-order valence-electron chi connectivity index (χ0n) is 27.9. The minimum absolute atomic E-state index is 0.0735. The Bertz CT molecular complexity index is 998. The van der Waals surface area contributed by atoms with Crippen molar-refractivity contribution in [1.29, 1.82) is 0 Å². The molecule has 4 aliphatic rings. The summed E-state index contributed by atoms with van der Waals surface area (Å²) >= 11 is 0. The van der Waals surface area contributed by atoms with E-state index in [1.807, 2.05) is 6.07 Å². The molecular formula is C39H60O6. The van der Waals surface area contributed by atoms with Gasteiger partial charge in [-0.25, -0.2) is 0 Å². The maximum absolute atomic E-state index is 10.4. The number of benzene rings is 1. The van der Waals surface area contributed by atoms with Crippen molar-refractivity contribution in [1.82, 2.24) is 0 Å². The number of ether oxygens (including phenoxy) is 5. The van der Waals surface area contributed by atoms with Gasteiger partial charge < -0.3 is 28.8 Å². The Balaban J connectivity index is 1.19. The fourth-order valence-corrected chi connectivity index (χ4v) is 7.80. The van der Waals surface area contributed by atoms with Crippen LogP contribution in [0.5, 0.6) is 0 Å². The number of allylic oxidation sites excluding steroid dienone is 1. The summed E-state index contributed by atoms with van der Waals surface area (Å²) in [5.74, 6) is 1.54. The second-order valence-electron chi connectivity index (χ2n) is 13.8. The maximum atomic E-state index is 10.4. The molecule has 0 spiro atoms. The minimum Gasteiger partial charge on any atom is -0.396 e. The molecule has 2 saturated heterocycles. The van der Waals surface area contributed by atoms with Crippen LogP contribution in [0.25, 0.3) is 0 Å². The molecule has 2 aliphatic heterocycles. The minimum atomic E-state index is -0.0823. The molecule has 252 valence electrons. The van der Waals surface area contributed by atoms with Crippen LogP contribution >= 0.6 is 0 Å². The first kappa shape index (κ1) is 34.8. The highest BCUT2D eigenvalue weighted by Crippen LogP contribution is 2.50. The largest absolute Gasteiger partial charge is 0.396 e. The van der Waals surface area contributed by atoms with Crippen LogP contribution in [0.1, 0.15) is 109 Å². The maximum Gasteiger partial charge on any atom is 0.158 e. The molecule has 6 nitrogen and oxygen atoms in total. The molecule has 45 heavy (non-hydrogen) atoms. The monoisotopic (exact) mass is 624 g/mol. The van der Waals surface area contributed by atoms with Gasteiger partial charge in [-0.2, -0.15) is 0 Å². The summed E-state index contributed by atoms with van der Waals surface area (Å²) < 4.78 is 31.1. The molecule has 5 rings (SSSR count). The van der Waals surface area contributed by atoms with Gasteiger partial charge >= 0.3 is 0 Å². The number of rotatable bonds is 19. The summed E-state index contributed by atoms with van der Waals surface area (Å²) in [5.41, 5.74) is 2.67. The topological polar surface area (TPSA) is 66.4 Å². The summed E-state index contributed by atoms with van der Waals surface area (Å²) in [6, 6.07) is 10.4. The number of aliphatic hydroxyl groups excluding tert-OH is 1. The lowest BCUT2D eigenvalue weighted by Crippen LogP contribution is -2.31. The molecular weight excluding hydrogens is 564 g/mol. The third-order valence-corrected chi connectivity index (χ3v) is 10.4. The smallest absolute Gasteiger partial charge is 0.158 e. The van der Waals surface area contributed by atoms with Gasteiger partial charge in [-0.3, -0.25) is 0 Å². The van der Waals surface area contributed by atoms with Crippen LogP contribution in [-0.2, 0) is 30.3 Å². The summed E-state index contributed by atoms with van der Waals surface area (Å²) in [6.45, 7) is 5.52. The van der Waals surface area contributed by atoms with Crippen LogP contribution in [0.4, 0.5) is 0 Å². The standard InChI is InChI=1S/C39H60O6/c1-2-3-5-17-34(44-38-18-9-12-23-42-38)20-21-35-36-26-32(25-33(36)27-37(35)45-39-19-10-13-24-43-39)31(28-40)16-8-11-22-41-29-30-14-6-4-7-15-30/h4,6-7,14-15,20-21,26,31,33-40H,2-3,5,8-13,16-19,22-25,27-29H2,1H3. The van der Waals surface area contributed by atoms with Crippen molar-refractivity contribution in [2.45, 2.75) is 135 Å². The number of aliphatic hydroxyl groups is 1. The van der Waals surface area contributed by atoms with Crippen molar-refractivity contribution in [3.8, 4) is 0 Å². The fourth-order valence-electron chi connectivity index (χ4n) is 7.80. The molecule has 2 heterocycles. The Morgan fingerprint density at radius 3 is 2.44 bits per heavy atom. The fraction of sp³-hybridized carbons (Fsp3) is 0.744.